The van der Waals surface area contributed by atoms with E-state index in [1.165, 1.54) is 12.3 Å². The summed E-state index contributed by atoms with van der Waals surface area (Å²) in [4.78, 5) is 12.5. The van der Waals surface area contributed by atoms with Crippen LogP contribution in [0.15, 0.2) is 36.7 Å². The number of hydrogen-bond donors (Lipinski definition) is 0. The SMILES string of the molecule is CC(C)c1ccnc(-c2nsc(Cc3ncccc3C(F)(F)F)n2)c1. The normalized spacial score (nSPS) is 11.9. The van der Waals surface area contributed by atoms with Gasteiger partial charge in [-0.25, -0.2) is 4.98 Å². The van der Waals surface area contributed by atoms with Crippen molar-refractivity contribution in [2.45, 2.75) is 32.4 Å². The third-order valence-electron chi connectivity index (χ3n) is 3.66. The fraction of sp³-hybridized carbons (Fsp3) is 0.294. The first-order chi connectivity index (χ1) is 11.8. The van der Waals surface area contributed by atoms with Crippen molar-refractivity contribution >= 4 is 11.5 Å². The molecule has 0 saturated heterocycles. The van der Waals surface area contributed by atoms with Gasteiger partial charge in [-0.05, 0) is 47.3 Å². The van der Waals surface area contributed by atoms with E-state index in [1.807, 2.05) is 12.1 Å². The maximum absolute atomic E-state index is 13.1. The Morgan fingerprint density at radius 1 is 1.12 bits per heavy atom. The molecule has 0 radical (unpaired) electrons. The zero-order valence-electron chi connectivity index (χ0n) is 13.6. The molecular formula is C17H15F3N4S. The van der Waals surface area contributed by atoms with E-state index in [2.05, 4.69) is 33.2 Å². The largest absolute Gasteiger partial charge is 0.418 e. The van der Waals surface area contributed by atoms with Crippen molar-refractivity contribution in [2.24, 2.45) is 0 Å². The Kier molecular flexibility index (Phi) is 4.80. The minimum Gasteiger partial charge on any atom is -0.260 e. The Balaban J connectivity index is 1.87. The van der Waals surface area contributed by atoms with E-state index in [1.54, 1.807) is 6.20 Å². The van der Waals surface area contributed by atoms with E-state index in [0.29, 0.717) is 22.4 Å². The van der Waals surface area contributed by atoms with Crippen LogP contribution in [0.1, 0.15) is 41.6 Å². The van der Waals surface area contributed by atoms with Crippen LogP contribution in [0.5, 0.6) is 0 Å². The number of pyridine rings is 2. The summed E-state index contributed by atoms with van der Waals surface area (Å²) in [6, 6.07) is 6.13. The second-order valence-corrected chi connectivity index (χ2v) is 6.65. The fourth-order valence-corrected chi connectivity index (χ4v) is 2.99. The first kappa shape index (κ1) is 17.5. The maximum Gasteiger partial charge on any atom is 0.418 e. The van der Waals surface area contributed by atoms with Gasteiger partial charge >= 0.3 is 6.18 Å². The van der Waals surface area contributed by atoms with Gasteiger partial charge in [0.2, 0.25) is 0 Å². The summed E-state index contributed by atoms with van der Waals surface area (Å²) in [6.45, 7) is 4.14. The molecule has 0 unspecified atom stereocenters. The molecule has 3 rings (SSSR count). The summed E-state index contributed by atoms with van der Waals surface area (Å²) < 4.78 is 43.4. The van der Waals surface area contributed by atoms with Crippen LogP contribution >= 0.6 is 11.5 Å². The van der Waals surface area contributed by atoms with Crippen molar-refractivity contribution < 1.29 is 13.2 Å². The minimum absolute atomic E-state index is 0.0166. The first-order valence-electron chi connectivity index (χ1n) is 7.64. The third kappa shape index (κ3) is 4.01. The molecule has 0 atom stereocenters. The number of alkyl halides is 3. The molecule has 25 heavy (non-hydrogen) atoms. The Hall–Kier alpha value is -2.35. The van der Waals surface area contributed by atoms with Crippen LogP contribution in [0.25, 0.3) is 11.5 Å². The van der Waals surface area contributed by atoms with E-state index >= 15 is 0 Å². The second-order valence-electron chi connectivity index (χ2n) is 5.81. The summed E-state index contributed by atoms with van der Waals surface area (Å²) in [5.41, 5.74) is 0.921. The molecule has 3 heterocycles. The fourth-order valence-electron chi connectivity index (χ4n) is 2.34. The predicted molar refractivity (Wildman–Crippen MR) is 89.3 cm³/mol. The van der Waals surface area contributed by atoms with Crippen LogP contribution < -0.4 is 0 Å². The van der Waals surface area contributed by atoms with Crippen molar-refractivity contribution in [1.82, 2.24) is 19.3 Å². The number of aromatic nitrogens is 4. The Morgan fingerprint density at radius 2 is 1.92 bits per heavy atom. The lowest BCUT2D eigenvalue weighted by Crippen LogP contribution is -2.10. The highest BCUT2D eigenvalue weighted by Gasteiger charge is 2.34. The predicted octanol–water partition coefficient (Wildman–Crippen LogP) is 4.73. The van der Waals surface area contributed by atoms with Gasteiger partial charge in [0.15, 0.2) is 5.82 Å². The van der Waals surface area contributed by atoms with E-state index in [9.17, 15) is 13.2 Å². The quantitative estimate of drug-likeness (QED) is 0.672. The van der Waals surface area contributed by atoms with Gasteiger partial charge in [0.05, 0.1) is 11.3 Å². The summed E-state index contributed by atoms with van der Waals surface area (Å²) in [6.07, 6.45) is -1.42. The second kappa shape index (κ2) is 6.87. The number of hydrogen-bond acceptors (Lipinski definition) is 5. The summed E-state index contributed by atoms with van der Waals surface area (Å²) in [7, 11) is 0. The van der Waals surface area contributed by atoms with Gasteiger partial charge < -0.3 is 0 Å². The molecule has 0 amide bonds. The number of rotatable bonds is 4. The van der Waals surface area contributed by atoms with Gasteiger partial charge in [0.25, 0.3) is 0 Å². The molecule has 0 aromatic carbocycles. The first-order valence-corrected chi connectivity index (χ1v) is 8.42. The minimum atomic E-state index is -4.44. The zero-order valence-corrected chi connectivity index (χ0v) is 14.4. The van der Waals surface area contributed by atoms with E-state index < -0.39 is 11.7 Å². The van der Waals surface area contributed by atoms with Gasteiger partial charge in [-0.15, -0.1) is 0 Å². The van der Waals surface area contributed by atoms with Crippen molar-refractivity contribution in [2.75, 3.05) is 0 Å². The summed E-state index contributed by atoms with van der Waals surface area (Å²) in [5, 5.41) is 0.468. The Labute approximate surface area is 147 Å². The molecule has 3 aromatic heterocycles. The van der Waals surface area contributed by atoms with E-state index in [0.717, 1.165) is 23.2 Å². The van der Waals surface area contributed by atoms with Crippen molar-refractivity contribution in [3.8, 4) is 11.5 Å². The van der Waals surface area contributed by atoms with Crippen molar-refractivity contribution in [3.63, 3.8) is 0 Å². The molecule has 130 valence electrons. The molecule has 0 fully saturated rings. The summed E-state index contributed by atoms with van der Waals surface area (Å²) in [5.74, 6) is 0.759. The molecule has 0 saturated carbocycles. The molecular weight excluding hydrogens is 349 g/mol. The molecule has 0 spiro atoms. The molecule has 0 aliphatic heterocycles. The third-order valence-corrected chi connectivity index (χ3v) is 4.37. The van der Waals surface area contributed by atoms with Crippen LogP contribution in [0, 0.1) is 0 Å². The summed E-state index contributed by atoms with van der Waals surface area (Å²) >= 11 is 1.06. The molecule has 0 aliphatic rings. The molecule has 0 N–H and O–H groups in total. The van der Waals surface area contributed by atoms with Gasteiger partial charge in [0.1, 0.15) is 10.7 Å². The van der Waals surface area contributed by atoms with Gasteiger partial charge in [-0.3, -0.25) is 9.97 Å². The lowest BCUT2D eigenvalue weighted by molar-refractivity contribution is -0.138. The Bertz CT molecular complexity index is 874. The molecule has 3 aromatic rings. The monoisotopic (exact) mass is 364 g/mol. The lowest BCUT2D eigenvalue weighted by atomic mass is 10.0. The highest BCUT2D eigenvalue weighted by Crippen LogP contribution is 2.32. The van der Waals surface area contributed by atoms with Gasteiger partial charge in [0, 0.05) is 18.8 Å². The van der Waals surface area contributed by atoms with E-state index in [-0.39, 0.29) is 12.1 Å². The average molecular weight is 364 g/mol. The van der Waals surface area contributed by atoms with Crippen LogP contribution in [0.2, 0.25) is 0 Å². The standard InChI is InChI=1S/C17H15F3N4S/c1-10(2)11-5-7-22-14(8-11)16-23-15(25-24-16)9-13-12(17(18,19)20)4-3-6-21-13/h3-8,10H,9H2,1-2H3. The average Bonchev–Trinajstić information content (AvgIpc) is 3.03. The maximum atomic E-state index is 13.1. The lowest BCUT2D eigenvalue weighted by Gasteiger charge is -2.10. The molecule has 4 nitrogen and oxygen atoms in total. The van der Waals surface area contributed by atoms with E-state index in [4.69, 9.17) is 0 Å². The van der Waals surface area contributed by atoms with Crippen LogP contribution in [-0.2, 0) is 12.6 Å². The molecule has 8 heteroatoms. The topological polar surface area (TPSA) is 51.6 Å². The smallest absolute Gasteiger partial charge is 0.260 e. The molecule has 0 bridgehead atoms. The van der Waals surface area contributed by atoms with Crippen LogP contribution in [-0.4, -0.2) is 19.3 Å². The number of nitrogens with zero attached hydrogens (tertiary/aromatic N) is 4. The van der Waals surface area contributed by atoms with Gasteiger partial charge in [-0.2, -0.15) is 17.5 Å². The Morgan fingerprint density at radius 3 is 2.64 bits per heavy atom. The zero-order chi connectivity index (χ0) is 18.0. The highest BCUT2D eigenvalue weighted by atomic mass is 32.1. The number of halogens is 3. The van der Waals surface area contributed by atoms with Crippen molar-refractivity contribution in [1.29, 1.82) is 0 Å². The molecule has 0 aliphatic carbocycles. The van der Waals surface area contributed by atoms with Crippen LogP contribution in [0.3, 0.4) is 0 Å². The van der Waals surface area contributed by atoms with Gasteiger partial charge in [-0.1, -0.05) is 13.8 Å². The highest BCUT2D eigenvalue weighted by molar-refractivity contribution is 7.05. The van der Waals surface area contributed by atoms with Crippen molar-refractivity contribution in [3.05, 3.63) is 58.5 Å². The van der Waals surface area contributed by atoms with Crippen LogP contribution in [0.4, 0.5) is 13.2 Å².